The number of nitrogens with zero attached hydrogens (tertiary/aromatic N) is 3. The molecule has 0 N–H and O–H groups in total. The van der Waals surface area contributed by atoms with E-state index in [-0.39, 0.29) is 0 Å². The van der Waals surface area contributed by atoms with Gasteiger partial charge in [0.2, 0.25) is 5.88 Å². The number of para-hydroxylation sites is 4. The van der Waals surface area contributed by atoms with Crippen LogP contribution < -0.4 is 19.1 Å². The molecule has 224 valence electrons. The van der Waals surface area contributed by atoms with Crippen molar-refractivity contribution in [2.75, 3.05) is 30.4 Å². The number of fused-ring (bicyclic) bond motifs is 2. The van der Waals surface area contributed by atoms with E-state index in [1.807, 2.05) is 25.2 Å². The van der Waals surface area contributed by atoms with E-state index < -0.39 is 0 Å². The number of anilines is 2. The van der Waals surface area contributed by atoms with Crippen LogP contribution in [0.3, 0.4) is 0 Å². The largest absolute Gasteiger partial charge is 0.439 e. The van der Waals surface area contributed by atoms with Crippen molar-refractivity contribution < 1.29 is 14.1 Å². The highest BCUT2D eigenvalue weighted by Crippen LogP contribution is 2.38. The molecule has 43 heavy (non-hydrogen) atoms. The summed E-state index contributed by atoms with van der Waals surface area (Å²) >= 11 is 0. The number of carbonyl (C=O) groups is 1. The highest BCUT2D eigenvalue weighted by Gasteiger charge is 2.26. The molecule has 0 spiro atoms. The number of ketones is 1. The molecule has 0 aliphatic carbocycles. The molecule has 1 aliphatic heterocycles. The Kier molecular flexibility index (Phi) is 10.5. The summed E-state index contributed by atoms with van der Waals surface area (Å²) in [4.78, 5) is 17.1. The molecule has 0 bridgehead atoms. The summed E-state index contributed by atoms with van der Waals surface area (Å²) in [6.07, 6.45) is 13.0. The fourth-order valence-corrected chi connectivity index (χ4v) is 5.98. The Bertz CT molecular complexity index is 1550. The third-order valence-corrected chi connectivity index (χ3v) is 8.43. The van der Waals surface area contributed by atoms with Gasteiger partial charge >= 0.3 is 0 Å². The van der Waals surface area contributed by atoms with Gasteiger partial charge in [0.05, 0.1) is 19.3 Å². The zero-order valence-corrected chi connectivity index (χ0v) is 26.1. The highest BCUT2D eigenvalue weighted by molar-refractivity contribution is 5.88. The zero-order chi connectivity index (χ0) is 30.0. The van der Waals surface area contributed by atoms with Crippen LogP contribution in [-0.2, 0) is 4.79 Å². The molecule has 0 atom stereocenters. The Morgan fingerprint density at radius 3 is 2.30 bits per heavy atom. The van der Waals surface area contributed by atoms with Gasteiger partial charge in [0.15, 0.2) is 5.75 Å². The van der Waals surface area contributed by atoms with Crippen molar-refractivity contribution in [3.8, 4) is 11.4 Å². The quantitative estimate of drug-likeness (QED) is 0.105. The molecule has 0 amide bonds. The second kappa shape index (κ2) is 14.9. The second-order valence-corrected chi connectivity index (χ2v) is 11.7. The number of rotatable bonds is 15. The van der Waals surface area contributed by atoms with Crippen LogP contribution in [0.4, 0.5) is 11.5 Å². The summed E-state index contributed by atoms with van der Waals surface area (Å²) < 4.78 is 8.60. The molecule has 0 unspecified atom stereocenters. The van der Waals surface area contributed by atoms with Gasteiger partial charge < -0.3 is 9.64 Å². The van der Waals surface area contributed by atoms with Crippen LogP contribution in [0.2, 0.25) is 0 Å². The van der Waals surface area contributed by atoms with Crippen LogP contribution in [0, 0.1) is 0 Å². The molecule has 0 radical (unpaired) electrons. The summed E-state index contributed by atoms with van der Waals surface area (Å²) in [6.45, 7) is 3.04. The first-order valence-corrected chi connectivity index (χ1v) is 16.0. The third kappa shape index (κ3) is 7.45. The zero-order valence-electron chi connectivity index (χ0n) is 26.1. The normalized spacial score (nSPS) is 13.4. The van der Waals surface area contributed by atoms with Gasteiger partial charge in [-0.05, 0) is 48.7 Å². The first-order valence-electron chi connectivity index (χ1n) is 16.0. The molecule has 1 aliphatic rings. The lowest BCUT2D eigenvalue weighted by Crippen LogP contribution is -2.40. The highest BCUT2D eigenvalue weighted by atomic mass is 16.5. The minimum absolute atomic E-state index is 0.391. The number of Topliss-reactive ketones (excluding diaryl/α,β-unsaturated/α-hetero) is 1. The van der Waals surface area contributed by atoms with Gasteiger partial charge in [0.25, 0.3) is 5.82 Å². The van der Waals surface area contributed by atoms with Crippen LogP contribution in [-0.4, -0.2) is 26.4 Å². The number of pyridine rings is 1. The number of aromatic nitrogens is 1. The molecule has 0 fully saturated rings. The molecule has 0 saturated heterocycles. The molecular formula is C38H46N3O2+. The van der Waals surface area contributed by atoms with Crippen molar-refractivity contribution in [2.24, 2.45) is 0 Å². The van der Waals surface area contributed by atoms with E-state index in [1.165, 1.54) is 38.5 Å². The Morgan fingerprint density at radius 1 is 0.837 bits per heavy atom. The first kappa shape index (κ1) is 30.3. The van der Waals surface area contributed by atoms with E-state index in [4.69, 9.17) is 4.74 Å². The summed E-state index contributed by atoms with van der Waals surface area (Å²) in [5.74, 6) is 3.14. The van der Waals surface area contributed by atoms with Crippen LogP contribution in [0.1, 0.15) is 76.7 Å². The molecule has 5 rings (SSSR count). The lowest BCUT2D eigenvalue weighted by Gasteiger charge is -2.19. The molecule has 4 aromatic rings. The lowest BCUT2D eigenvalue weighted by molar-refractivity contribution is -0.553. The van der Waals surface area contributed by atoms with Gasteiger partial charge in [0, 0.05) is 37.4 Å². The Hall–Kier alpha value is -4.12. The SMILES string of the molecule is CCCCCCCCCC(=O)CCCN(C)c1cc(C=C2Oc3ccccc3N2C)c2ccccc2[n+]1-c1ccccc1. The van der Waals surface area contributed by atoms with Crippen LogP contribution in [0.15, 0.2) is 90.8 Å². The van der Waals surface area contributed by atoms with Gasteiger partial charge in [-0.25, -0.2) is 0 Å². The minimum Gasteiger partial charge on any atom is -0.439 e. The minimum atomic E-state index is 0.391. The smallest absolute Gasteiger partial charge is 0.282 e. The van der Waals surface area contributed by atoms with E-state index in [1.54, 1.807) is 0 Å². The molecule has 5 heteroatoms. The maximum atomic E-state index is 12.7. The molecule has 5 nitrogen and oxygen atoms in total. The molecule has 1 aromatic heterocycles. The Balaban J connectivity index is 1.36. The number of unbranched alkanes of at least 4 members (excludes halogenated alkanes) is 6. The van der Waals surface area contributed by atoms with Crippen molar-refractivity contribution in [1.29, 1.82) is 0 Å². The number of hydrogen-bond donors (Lipinski definition) is 0. The van der Waals surface area contributed by atoms with Crippen molar-refractivity contribution in [1.82, 2.24) is 0 Å². The van der Waals surface area contributed by atoms with Crippen molar-refractivity contribution in [2.45, 2.75) is 71.1 Å². The summed E-state index contributed by atoms with van der Waals surface area (Å²) in [6, 6.07) is 29.4. The van der Waals surface area contributed by atoms with Crippen LogP contribution in [0.5, 0.6) is 5.75 Å². The van der Waals surface area contributed by atoms with Crippen molar-refractivity contribution in [3.63, 3.8) is 0 Å². The average molecular weight is 577 g/mol. The topological polar surface area (TPSA) is 36.7 Å². The van der Waals surface area contributed by atoms with Crippen molar-refractivity contribution in [3.05, 3.63) is 96.4 Å². The van der Waals surface area contributed by atoms with Crippen LogP contribution in [0.25, 0.3) is 22.7 Å². The Labute approximate surface area is 257 Å². The molecular weight excluding hydrogens is 530 g/mol. The van der Waals surface area contributed by atoms with E-state index in [0.717, 1.165) is 64.7 Å². The second-order valence-electron chi connectivity index (χ2n) is 11.7. The van der Waals surface area contributed by atoms with E-state index >= 15 is 0 Å². The lowest BCUT2D eigenvalue weighted by atomic mass is 10.0. The van der Waals surface area contributed by atoms with Gasteiger partial charge in [-0.1, -0.05) is 94.0 Å². The molecule has 0 saturated carbocycles. The van der Waals surface area contributed by atoms with Gasteiger partial charge in [0.1, 0.15) is 17.0 Å². The van der Waals surface area contributed by atoms with Gasteiger partial charge in [-0.2, -0.15) is 4.57 Å². The fourth-order valence-electron chi connectivity index (χ4n) is 5.98. The predicted octanol–water partition coefficient (Wildman–Crippen LogP) is 8.87. The molecule has 2 heterocycles. The standard InChI is InChI=1S/C38H46N3O2/c1-4-5-6-7-8-9-13-21-32(42)22-18-27-39(2)37-28-30(29-38-40(3)35-25-16-17-26-36(35)43-38)33-23-14-15-24-34(33)41(37)31-19-11-10-12-20-31/h10-12,14-17,19-20,23-26,28-29H,4-9,13,18,21-22,27H2,1-3H3/q+1. The van der Waals surface area contributed by atoms with Crippen molar-refractivity contribution >= 4 is 34.3 Å². The maximum Gasteiger partial charge on any atom is 0.282 e. The summed E-state index contributed by atoms with van der Waals surface area (Å²) in [5, 5.41) is 1.15. The average Bonchev–Trinajstić information content (AvgIpc) is 3.35. The number of ether oxygens (including phenoxy) is 1. The van der Waals surface area contributed by atoms with E-state index in [2.05, 4.69) is 101 Å². The van der Waals surface area contributed by atoms with E-state index in [9.17, 15) is 4.79 Å². The summed E-state index contributed by atoms with van der Waals surface area (Å²) in [5.41, 5.74) is 4.38. The van der Waals surface area contributed by atoms with Gasteiger partial charge in [-0.3, -0.25) is 9.69 Å². The summed E-state index contributed by atoms with van der Waals surface area (Å²) in [7, 11) is 4.18. The number of hydrogen-bond acceptors (Lipinski definition) is 4. The Morgan fingerprint density at radius 2 is 1.51 bits per heavy atom. The fraction of sp³-hybridized carbons (Fsp3) is 0.368. The third-order valence-electron chi connectivity index (χ3n) is 8.43. The van der Waals surface area contributed by atoms with Crippen LogP contribution >= 0.6 is 0 Å². The molecule has 3 aromatic carbocycles. The van der Waals surface area contributed by atoms with E-state index in [0.29, 0.717) is 18.6 Å². The first-order chi connectivity index (χ1) is 21.1. The predicted molar refractivity (Wildman–Crippen MR) is 179 cm³/mol. The monoisotopic (exact) mass is 576 g/mol. The maximum absolute atomic E-state index is 12.7. The van der Waals surface area contributed by atoms with Gasteiger partial charge in [-0.15, -0.1) is 0 Å². The number of benzene rings is 3. The number of carbonyl (C=O) groups excluding carboxylic acids is 1.